The number of halogens is 1. The third kappa shape index (κ3) is 3.86. The number of likely N-dealkylation sites (tertiary alicyclic amines) is 1. The van der Waals surface area contributed by atoms with Gasteiger partial charge in [0.2, 0.25) is 5.91 Å². The van der Waals surface area contributed by atoms with Crippen LogP contribution >= 0.6 is 11.6 Å². The van der Waals surface area contributed by atoms with E-state index in [0.29, 0.717) is 10.8 Å². The predicted octanol–water partition coefficient (Wildman–Crippen LogP) is 1.82. The maximum Gasteiger partial charge on any atom is 0.242 e. The van der Waals surface area contributed by atoms with Crippen LogP contribution < -0.4 is 5.32 Å². The third-order valence-corrected chi connectivity index (χ3v) is 4.37. The number of amides is 1. The summed E-state index contributed by atoms with van der Waals surface area (Å²) in [5, 5.41) is 7.54. The Morgan fingerprint density at radius 2 is 2.39 bits per heavy atom. The van der Waals surface area contributed by atoms with Crippen molar-refractivity contribution in [2.24, 2.45) is 0 Å². The van der Waals surface area contributed by atoms with Crippen molar-refractivity contribution in [3.05, 3.63) is 36.0 Å². The van der Waals surface area contributed by atoms with Crippen molar-refractivity contribution in [1.29, 1.82) is 0 Å². The summed E-state index contributed by atoms with van der Waals surface area (Å²) in [6, 6.07) is 3.46. The molecule has 1 fully saturated rings. The van der Waals surface area contributed by atoms with Gasteiger partial charge in [-0.25, -0.2) is 9.97 Å². The average Bonchev–Trinajstić information content (AvgIpc) is 3.21. The first-order valence-corrected chi connectivity index (χ1v) is 8.02. The molecule has 0 saturated carbocycles. The number of hydrogen-bond acceptors (Lipinski definition) is 5. The van der Waals surface area contributed by atoms with Crippen molar-refractivity contribution >= 4 is 23.3 Å². The Labute approximate surface area is 139 Å². The molecule has 0 bridgehead atoms. The number of nitrogens with one attached hydrogen (secondary N) is 1. The van der Waals surface area contributed by atoms with Crippen LogP contribution in [0.3, 0.4) is 0 Å². The number of rotatable bonds is 5. The minimum Gasteiger partial charge on any atom is -0.309 e. The predicted molar refractivity (Wildman–Crippen MR) is 87.1 cm³/mol. The van der Waals surface area contributed by atoms with Gasteiger partial charge < -0.3 is 5.32 Å². The highest BCUT2D eigenvalue weighted by molar-refractivity contribution is 6.30. The molecule has 3 heterocycles. The minimum atomic E-state index is -0.233. The fourth-order valence-corrected chi connectivity index (χ4v) is 3.05. The molecule has 122 valence electrons. The van der Waals surface area contributed by atoms with Gasteiger partial charge in [0.05, 0.1) is 17.6 Å². The molecule has 2 aromatic heterocycles. The molecule has 0 spiro atoms. The molecule has 0 unspecified atom stereocenters. The monoisotopic (exact) mass is 334 g/mol. The quantitative estimate of drug-likeness (QED) is 0.902. The molecular weight excluding hydrogens is 316 g/mol. The lowest BCUT2D eigenvalue weighted by Crippen LogP contribution is -2.46. The molecule has 2 aromatic rings. The third-order valence-electron chi connectivity index (χ3n) is 4.14. The first kappa shape index (κ1) is 15.9. The van der Waals surface area contributed by atoms with Gasteiger partial charge >= 0.3 is 0 Å². The Hall–Kier alpha value is -1.99. The van der Waals surface area contributed by atoms with E-state index in [1.165, 1.54) is 12.5 Å². The largest absolute Gasteiger partial charge is 0.309 e. The summed E-state index contributed by atoms with van der Waals surface area (Å²) in [5.74, 6) is 0.448. The van der Waals surface area contributed by atoms with E-state index in [0.717, 1.165) is 25.9 Å². The van der Waals surface area contributed by atoms with E-state index in [-0.39, 0.29) is 18.0 Å². The van der Waals surface area contributed by atoms with E-state index in [1.54, 1.807) is 18.5 Å². The van der Waals surface area contributed by atoms with Crippen LogP contribution in [0.1, 0.15) is 19.8 Å². The first-order valence-electron chi connectivity index (χ1n) is 7.64. The summed E-state index contributed by atoms with van der Waals surface area (Å²) in [4.78, 5) is 22.8. The van der Waals surface area contributed by atoms with Gasteiger partial charge in [0, 0.05) is 12.2 Å². The van der Waals surface area contributed by atoms with Crippen LogP contribution in [0.5, 0.6) is 0 Å². The summed E-state index contributed by atoms with van der Waals surface area (Å²) in [6.45, 7) is 3.57. The Morgan fingerprint density at radius 3 is 3.09 bits per heavy atom. The fraction of sp³-hybridized carbons (Fsp3) is 0.467. The lowest BCUT2D eigenvalue weighted by atomic mass is 10.2. The van der Waals surface area contributed by atoms with Crippen LogP contribution in [0.25, 0.3) is 0 Å². The van der Waals surface area contributed by atoms with E-state index in [1.807, 2.05) is 11.6 Å². The molecule has 1 amide bonds. The van der Waals surface area contributed by atoms with Gasteiger partial charge in [0.15, 0.2) is 0 Å². The van der Waals surface area contributed by atoms with Crippen LogP contribution in [0.4, 0.5) is 5.82 Å². The molecule has 2 atom stereocenters. The first-order chi connectivity index (χ1) is 11.1. The van der Waals surface area contributed by atoms with Gasteiger partial charge in [0.1, 0.15) is 18.5 Å². The second-order valence-corrected chi connectivity index (χ2v) is 6.11. The van der Waals surface area contributed by atoms with Gasteiger partial charge in [-0.2, -0.15) is 5.10 Å². The molecule has 7 nitrogen and oxygen atoms in total. The number of pyridine rings is 1. The zero-order valence-corrected chi connectivity index (χ0v) is 13.6. The Bertz CT molecular complexity index is 644. The van der Waals surface area contributed by atoms with E-state index in [4.69, 9.17) is 11.6 Å². The zero-order valence-electron chi connectivity index (χ0n) is 12.9. The summed E-state index contributed by atoms with van der Waals surface area (Å²) < 4.78 is 1.81. The van der Waals surface area contributed by atoms with Crippen molar-refractivity contribution in [3.8, 4) is 0 Å². The standard InChI is InChI=1S/C15H19ClN6O/c1-11(15(23)20-14-5-4-12(16)7-18-14)22-6-2-3-13(22)8-21-10-17-9-19-21/h4-5,7,9-11,13H,2-3,6,8H2,1H3,(H,18,20,23)/t11-,13+/m1/s1. The molecule has 23 heavy (non-hydrogen) atoms. The zero-order chi connectivity index (χ0) is 16.2. The van der Waals surface area contributed by atoms with E-state index in [9.17, 15) is 4.79 Å². The van der Waals surface area contributed by atoms with Crippen molar-refractivity contribution in [1.82, 2.24) is 24.6 Å². The molecule has 1 aliphatic heterocycles. The molecule has 0 aromatic carbocycles. The number of carbonyl (C=O) groups excluding carboxylic acids is 1. The number of aromatic nitrogens is 4. The maximum absolute atomic E-state index is 12.5. The highest BCUT2D eigenvalue weighted by atomic mass is 35.5. The van der Waals surface area contributed by atoms with Gasteiger partial charge in [0.25, 0.3) is 0 Å². The molecule has 0 aliphatic carbocycles. The molecule has 3 rings (SSSR count). The molecule has 8 heteroatoms. The lowest BCUT2D eigenvalue weighted by Gasteiger charge is -2.29. The highest BCUT2D eigenvalue weighted by Crippen LogP contribution is 2.22. The minimum absolute atomic E-state index is 0.0645. The Morgan fingerprint density at radius 1 is 1.52 bits per heavy atom. The SMILES string of the molecule is C[C@H](C(=O)Nc1ccc(Cl)cn1)N1CCC[C@H]1Cn1cncn1. The smallest absolute Gasteiger partial charge is 0.242 e. The molecule has 0 radical (unpaired) electrons. The van der Waals surface area contributed by atoms with Crippen molar-refractivity contribution in [3.63, 3.8) is 0 Å². The normalized spacial score (nSPS) is 19.7. The summed E-state index contributed by atoms with van der Waals surface area (Å²) in [5.41, 5.74) is 0. The van der Waals surface area contributed by atoms with Crippen molar-refractivity contribution in [2.45, 2.75) is 38.4 Å². The number of nitrogens with zero attached hydrogens (tertiary/aromatic N) is 5. The highest BCUT2D eigenvalue weighted by Gasteiger charge is 2.32. The van der Waals surface area contributed by atoms with Crippen molar-refractivity contribution < 1.29 is 4.79 Å². The molecule has 1 saturated heterocycles. The number of anilines is 1. The van der Waals surface area contributed by atoms with E-state index >= 15 is 0 Å². The second kappa shape index (κ2) is 7.06. The van der Waals surface area contributed by atoms with Gasteiger partial charge in [-0.15, -0.1) is 0 Å². The fourth-order valence-electron chi connectivity index (χ4n) is 2.94. The van der Waals surface area contributed by atoms with Crippen LogP contribution in [0.2, 0.25) is 5.02 Å². The maximum atomic E-state index is 12.5. The Balaban J connectivity index is 1.62. The van der Waals surface area contributed by atoms with Crippen LogP contribution in [0, 0.1) is 0 Å². The van der Waals surface area contributed by atoms with Crippen LogP contribution in [-0.2, 0) is 11.3 Å². The average molecular weight is 335 g/mol. The topological polar surface area (TPSA) is 75.9 Å². The van der Waals surface area contributed by atoms with E-state index in [2.05, 4.69) is 25.3 Å². The molecule has 1 aliphatic rings. The number of hydrogen-bond donors (Lipinski definition) is 1. The Kier molecular flexibility index (Phi) is 4.88. The molecular formula is C15H19ClN6O. The van der Waals surface area contributed by atoms with Gasteiger partial charge in [-0.05, 0) is 38.4 Å². The van der Waals surface area contributed by atoms with Gasteiger partial charge in [-0.1, -0.05) is 11.6 Å². The molecule has 1 N–H and O–H groups in total. The summed E-state index contributed by atoms with van der Waals surface area (Å²) in [6.07, 6.45) is 6.89. The number of carbonyl (C=O) groups is 1. The van der Waals surface area contributed by atoms with Crippen LogP contribution in [0.15, 0.2) is 31.0 Å². The second-order valence-electron chi connectivity index (χ2n) is 5.68. The van der Waals surface area contributed by atoms with Crippen molar-refractivity contribution in [2.75, 3.05) is 11.9 Å². The lowest BCUT2D eigenvalue weighted by molar-refractivity contribution is -0.121. The van der Waals surface area contributed by atoms with Gasteiger partial charge in [-0.3, -0.25) is 14.4 Å². The van der Waals surface area contributed by atoms with Crippen LogP contribution in [-0.4, -0.2) is 49.2 Å². The summed E-state index contributed by atoms with van der Waals surface area (Å²) >= 11 is 5.80. The van der Waals surface area contributed by atoms with E-state index < -0.39 is 0 Å². The summed E-state index contributed by atoms with van der Waals surface area (Å²) in [7, 11) is 0.